The number of alkyl halides is 3. The summed E-state index contributed by atoms with van der Waals surface area (Å²) in [6.45, 7) is 2.53. The number of benzene rings is 1. The first-order chi connectivity index (χ1) is 9.01. The largest absolute Gasteiger partial charge is 0.468 e. The Bertz CT molecular complexity index is 552. The van der Waals surface area contributed by atoms with Crippen LogP contribution >= 0.6 is 0 Å². The van der Waals surface area contributed by atoms with E-state index in [-0.39, 0.29) is 5.56 Å². The summed E-state index contributed by atoms with van der Waals surface area (Å²) in [4.78, 5) is 21.7. The van der Waals surface area contributed by atoms with Crippen molar-refractivity contribution in [2.75, 3.05) is 7.11 Å². The van der Waals surface area contributed by atoms with Gasteiger partial charge in [0.2, 0.25) is 0 Å². The van der Waals surface area contributed by atoms with Crippen molar-refractivity contribution in [1.82, 2.24) is 0 Å². The van der Waals surface area contributed by atoms with Crippen molar-refractivity contribution in [3.8, 4) is 0 Å². The third kappa shape index (κ3) is 2.89. The molecule has 5 nitrogen and oxygen atoms in total. The van der Waals surface area contributed by atoms with Crippen molar-refractivity contribution in [3.63, 3.8) is 0 Å². The second-order valence-electron chi connectivity index (χ2n) is 4.60. The highest BCUT2D eigenvalue weighted by molar-refractivity contribution is 5.83. The van der Waals surface area contributed by atoms with Crippen LogP contribution in [0.3, 0.4) is 0 Å². The average Bonchev–Trinajstić information content (AvgIpc) is 2.35. The molecule has 0 aliphatic carbocycles. The lowest BCUT2D eigenvalue weighted by Crippen LogP contribution is -2.31. The van der Waals surface area contributed by atoms with Gasteiger partial charge in [0.1, 0.15) is 0 Å². The molecule has 0 spiro atoms. The highest BCUT2D eigenvalue weighted by Crippen LogP contribution is 2.38. The summed E-state index contributed by atoms with van der Waals surface area (Å²) in [7, 11) is 1.06. The molecule has 0 bridgehead atoms. The first kappa shape index (κ1) is 15.9. The highest BCUT2D eigenvalue weighted by atomic mass is 19.4. The molecule has 0 atom stereocenters. The number of rotatable bonds is 3. The highest BCUT2D eigenvalue weighted by Gasteiger charge is 2.40. The van der Waals surface area contributed by atoms with Crippen LogP contribution in [0, 0.1) is 10.1 Å². The Labute approximate surface area is 112 Å². The average molecular weight is 291 g/mol. The van der Waals surface area contributed by atoms with Crippen molar-refractivity contribution in [2.24, 2.45) is 0 Å². The minimum atomic E-state index is -4.66. The number of hydrogen-bond donors (Lipinski definition) is 0. The summed E-state index contributed by atoms with van der Waals surface area (Å²) >= 11 is 0. The third-order valence-electron chi connectivity index (χ3n) is 2.89. The molecule has 1 rings (SSSR count). The zero-order valence-electron chi connectivity index (χ0n) is 10.9. The SMILES string of the molecule is COC(=O)C(C)(C)c1cc(C(F)(F)F)ccc1[N+](=O)[O-]. The lowest BCUT2D eigenvalue weighted by Gasteiger charge is -2.22. The zero-order valence-corrected chi connectivity index (χ0v) is 10.9. The molecule has 0 saturated heterocycles. The standard InChI is InChI=1S/C12H12F3NO4/c1-11(2,10(17)20-3)8-6-7(12(13,14)15)4-5-9(8)16(18)19/h4-6H,1-3H3. The summed E-state index contributed by atoms with van der Waals surface area (Å²) in [5.41, 5.74) is -3.54. The van der Waals surface area contributed by atoms with Crippen molar-refractivity contribution >= 4 is 11.7 Å². The van der Waals surface area contributed by atoms with Crippen LogP contribution in [0.2, 0.25) is 0 Å². The molecule has 0 aliphatic heterocycles. The van der Waals surface area contributed by atoms with Gasteiger partial charge < -0.3 is 4.74 Å². The number of nitro benzene ring substituents is 1. The maximum absolute atomic E-state index is 12.7. The molecule has 110 valence electrons. The van der Waals surface area contributed by atoms with Crippen molar-refractivity contribution in [1.29, 1.82) is 0 Å². The number of methoxy groups -OCH3 is 1. The predicted molar refractivity (Wildman–Crippen MR) is 63.1 cm³/mol. The Kier molecular flexibility index (Phi) is 4.07. The van der Waals surface area contributed by atoms with E-state index in [1.54, 1.807) is 0 Å². The van der Waals surface area contributed by atoms with E-state index in [2.05, 4.69) is 4.74 Å². The number of nitrogens with zero attached hydrogens (tertiary/aromatic N) is 1. The molecule has 0 heterocycles. The molecule has 0 aromatic heterocycles. The summed E-state index contributed by atoms with van der Waals surface area (Å²) in [5, 5.41) is 10.9. The first-order valence-corrected chi connectivity index (χ1v) is 5.46. The van der Waals surface area contributed by atoms with Crippen LogP contribution in [0.25, 0.3) is 0 Å². The van der Waals surface area contributed by atoms with Gasteiger partial charge in [-0.25, -0.2) is 0 Å². The van der Waals surface area contributed by atoms with E-state index in [9.17, 15) is 28.1 Å². The number of carbonyl (C=O) groups excluding carboxylic acids is 1. The molecule has 0 fully saturated rings. The van der Waals surface area contributed by atoms with Crippen LogP contribution in [0.4, 0.5) is 18.9 Å². The predicted octanol–water partition coefficient (Wildman–Crippen LogP) is 3.06. The fourth-order valence-corrected chi connectivity index (χ4v) is 1.74. The molecule has 8 heteroatoms. The quantitative estimate of drug-likeness (QED) is 0.487. The van der Waals surface area contributed by atoms with Gasteiger partial charge in [-0.2, -0.15) is 13.2 Å². The number of halogens is 3. The van der Waals surface area contributed by atoms with Crippen molar-refractivity contribution in [3.05, 3.63) is 39.4 Å². The fourth-order valence-electron chi connectivity index (χ4n) is 1.74. The fraction of sp³-hybridized carbons (Fsp3) is 0.417. The monoisotopic (exact) mass is 291 g/mol. The van der Waals surface area contributed by atoms with E-state index < -0.39 is 33.7 Å². The number of nitro groups is 1. The Morgan fingerprint density at radius 2 is 1.85 bits per heavy atom. The smallest absolute Gasteiger partial charge is 0.416 e. The topological polar surface area (TPSA) is 69.4 Å². The van der Waals surface area contributed by atoms with Gasteiger partial charge in [0.25, 0.3) is 5.69 Å². The summed E-state index contributed by atoms with van der Waals surface area (Å²) in [6, 6.07) is 1.95. The van der Waals surface area contributed by atoms with E-state index in [1.165, 1.54) is 13.8 Å². The molecule has 20 heavy (non-hydrogen) atoms. The van der Waals surface area contributed by atoms with E-state index >= 15 is 0 Å². The minimum absolute atomic E-state index is 0.343. The summed E-state index contributed by atoms with van der Waals surface area (Å²) in [6.07, 6.45) is -4.66. The van der Waals surface area contributed by atoms with Gasteiger partial charge in [-0.3, -0.25) is 14.9 Å². The lowest BCUT2D eigenvalue weighted by molar-refractivity contribution is -0.386. The summed E-state index contributed by atoms with van der Waals surface area (Å²) in [5.74, 6) is -0.861. The minimum Gasteiger partial charge on any atom is -0.468 e. The Balaban J connectivity index is 3.56. The second kappa shape index (κ2) is 5.10. The number of esters is 1. The van der Waals surface area contributed by atoms with Crippen LogP contribution in [0.1, 0.15) is 25.0 Å². The molecular formula is C12H12F3NO4. The maximum Gasteiger partial charge on any atom is 0.416 e. The van der Waals surface area contributed by atoms with Crippen LogP contribution in [-0.2, 0) is 21.1 Å². The Hall–Kier alpha value is -2.12. The molecule has 0 N–H and O–H groups in total. The normalized spacial score (nSPS) is 12.1. The van der Waals surface area contributed by atoms with Crippen LogP contribution < -0.4 is 0 Å². The number of ether oxygens (including phenoxy) is 1. The molecule has 0 unspecified atom stereocenters. The van der Waals surface area contributed by atoms with Gasteiger partial charge in [0.05, 0.1) is 23.0 Å². The van der Waals surface area contributed by atoms with Gasteiger partial charge >= 0.3 is 12.1 Å². The Morgan fingerprint density at radius 1 is 1.30 bits per heavy atom. The molecular weight excluding hydrogens is 279 g/mol. The van der Waals surface area contributed by atoms with Gasteiger partial charge in [-0.1, -0.05) is 0 Å². The summed E-state index contributed by atoms with van der Waals surface area (Å²) < 4.78 is 42.5. The van der Waals surface area contributed by atoms with Crippen LogP contribution in [-0.4, -0.2) is 18.0 Å². The van der Waals surface area contributed by atoms with Crippen LogP contribution in [0.5, 0.6) is 0 Å². The first-order valence-electron chi connectivity index (χ1n) is 5.46. The van der Waals surface area contributed by atoms with Gasteiger partial charge in [-0.05, 0) is 26.0 Å². The van der Waals surface area contributed by atoms with Crippen molar-refractivity contribution in [2.45, 2.75) is 25.4 Å². The molecule has 0 amide bonds. The number of carbonyl (C=O) groups is 1. The molecule has 0 radical (unpaired) electrons. The van der Waals surface area contributed by atoms with E-state index in [4.69, 9.17) is 0 Å². The van der Waals surface area contributed by atoms with E-state index in [1.807, 2.05) is 0 Å². The van der Waals surface area contributed by atoms with E-state index in [0.29, 0.717) is 12.1 Å². The zero-order chi connectivity index (χ0) is 15.7. The lowest BCUT2D eigenvalue weighted by atomic mass is 9.82. The van der Waals surface area contributed by atoms with Gasteiger partial charge in [0.15, 0.2) is 0 Å². The maximum atomic E-state index is 12.7. The molecule has 0 saturated carbocycles. The number of hydrogen-bond acceptors (Lipinski definition) is 4. The Morgan fingerprint density at radius 3 is 2.25 bits per heavy atom. The third-order valence-corrected chi connectivity index (χ3v) is 2.89. The van der Waals surface area contributed by atoms with Crippen molar-refractivity contribution < 1.29 is 27.6 Å². The molecule has 1 aromatic carbocycles. The molecule has 1 aromatic rings. The van der Waals surface area contributed by atoms with Crippen LogP contribution in [0.15, 0.2) is 18.2 Å². The second-order valence-corrected chi connectivity index (χ2v) is 4.60. The van der Waals surface area contributed by atoms with Gasteiger partial charge in [0, 0.05) is 11.6 Å². The van der Waals surface area contributed by atoms with E-state index in [0.717, 1.165) is 13.2 Å². The molecule has 0 aliphatic rings. The van der Waals surface area contributed by atoms with Gasteiger partial charge in [-0.15, -0.1) is 0 Å².